The molecule has 0 aromatic heterocycles. The van der Waals surface area contributed by atoms with E-state index >= 15 is 0 Å². The second kappa shape index (κ2) is 9.49. The van der Waals surface area contributed by atoms with Crippen molar-refractivity contribution >= 4 is 12.1 Å². The Balaban J connectivity index is 2.44. The molecule has 0 aliphatic heterocycles. The van der Waals surface area contributed by atoms with Gasteiger partial charge in [-0.05, 0) is 38.0 Å². The summed E-state index contributed by atoms with van der Waals surface area (Å²) in [6.45, 7) is 4.72. The van der Waals surface area contributed by atoms with Gasteiger partial charge in [0.15, 0.2) is 11.5 Å². The lowest BCUT2D eigenvalue weighted by Crippen LogP contribution is -2.40. The van der Waals surface area contributed by atoms with E-state index in [1.165, 1.54) is 0 Å². The summed E-state index contributed by atoms with van der Waals surface area (Å²) in [5.74, 6) is 1.33. The molecule has 0 heterocycles. The van der Waals surface area contributed by atoms with Crippen molar-refractivity contribution in [3.63, 3.8) is 0 Å². The van der Waals surface area contributed by atoms with E-state index in [1.807, 2.05) is 25.1 Å². The topological polar surface area (TPSA) is 85.9 Å². The summed E-state index contributed by atoms with van der Waals surface area (Å²) in [7, 11) is 1.58. The molecular formula is C15H22N2O5. The molecule has 0 spiro atoms. The van der Waals surface area contributed by atoms with Crippen molar-refractivity contribution in [1.29, 1.82) is 0 Å². The first-order valence-electron chi connectivity index (χ1n) is 7.12. The quantitative estimate of drug-likeness (QED) is 0.805. The zero-order valence-electron chi connectivity index (χ0n) is 13.1. The van der Waals surface area contributed by atoms with Gasteiger partial charge in [0.05, 0.1) is 20.3 Å². The van der Waals surface area contributed by atoms with Crippen LogP contribution in [0.4, 0.5) is 9.59 Å². The number of urea groups is 1. The van der Waals surface area contributed by atoms with Crippen LogP contribution in [0.2, 0.25) is 0 Å². The van der Waals surface area contributed by atoms with Gasteiger partial charge in [-0.2, -0.15) is 0 Å². The fourth-order valence-corrected chi connectivity index (χ4v) is 1.77. The lowest BCUT2D eigenvalue weighted by Gasteiger charge is -2.11. The first-order chi connectivity index (χ1) is 10.6. The van der Waals surface area contributed by atoms with Crippen LogP contribution in [0.3, 0.4) is 0 Å². The highest BCUT2D eigenvalue weighted by atomic mass is 16.5. The molecule has 0 aliphatic rings. The van der Waals surface area contributed by atoms with Gasteiger partial charge >= 0.3 is 12.1 Å². The molecule has 0 aliphatic carbocycles. The van der Waals surface area contributed by atoms with E-state index in [2.05, 4.69) is 15.4 Å². The Hall–Kier alpha value is -2.44. The normalized spacial score (nSPS) is 9.77. The minimum atomic E-state index is -0.761. The van der Waals surface area contributed by atoms with Crippen molar-refractivity contribution in [3.8, 4) is 11.5 Å². The summed E-state index contributed by atoms with van der Waals surface area (Å²) in [4.78, 5) is 22.5. The number of amides is 3. The van der Waals surface area contributed by atoms with Crippen LogP contribution >= 0.6 is 0 Å². The summed E-state index contributed by atoms with van der Waals surface area (Å²) in [6, 6.07) is 5.00. The van der Waals surface area contributed by atoms with Gasteiger partial charge in [0.25, 0.3) is 0 Å². The van der Waals surface area contributed by atoms with E-state index in [9.17, 15) is 9.59 Å². The molecule has 0 fully saturated rings. The van der Waals surface area contributed by atoms with Gasteiger partial charge in [-0.3, -0.25) is 0 Å². The number of alkyl carbamates (subject to hydrolysis) is 1. The first-order valence-corrected chi connectivity index (χ1v) is 7.12. The van der Waals surface area contributed by atoms with Gasteiger partial charge in [-0.1, -0.05) is 6.07 Å². The van der Waals surface area contributed by atoms with E-state index < -0.39 is 12.1 Å². The predicted octanol–water partition coefficient (Wildman–Crippen LogP) is 2.09. The Morgan fingerprint density at radius 2 is 1.91 bits per heavy atom. The molecule has 1 aromatic carbocycles. The van der Waals surface area contributed by atoms with Crippen LogP contribution in [0.5, 0.6) is 11.5 Å². The maximum absolute atomic E-state index is 11.4. The fraction of sp³-hybridized carbons (Fsp3) is 0.467. The summed E-state index contributed by atoms with van der Waals surface area (Å²) in [5, 5.41) is 4.63. The molecule has 0 saturated carbocycles. The van der Waals surface area contributed by atoms with Crippen LogP contribution in [0.1, 0.15) is 19.4 Å². The average molecular weight is 310 g/mol. The molecule has 3 amide bonds. The van der Waals surface area contributed by atoms with E-state index in [1.54, 1.807) is 14.0 Å². The molecule has 122 valence electrons. The smallest absolute Gasteiger partial charge is 0.415 e. The van der Waals surface area contributed by atoms with Gasteiger partial charge in [-0.15, -0.1) is 0 Å². The second-order valence-electron chi connectivity index (χ2n) is 4.27. The standard InChI is InChI=1S/C15H22N2O5/c1-4-21-12-7-6-11(10-13(12)20-3)8-9-16-14(18)17-15(19)22-5-2/h6-7,10H,4-5,8-9H2,1-3H3,(H2,16,17,18,19). The Kier molecular flexibility index (Phi) is 7.60. The number of carbonyl (C=O) groups is 2. The van der Waals surface area contributed by atoms with Crippen LogP contribution in [0.25, 0.3) is 0 Å². The van der Waals surface area contributed by atoms with Crippen LogP contribution in [-0.4, -0.2) is 39.0 Å². The Bertz CT molecular complexity index is 505. The van der Waals surface area contributed by atoms with Gasteiger partial charge < -0.3 is 19.5 Å². The van der Waals surface area contributed by atoms with Crippen molar-refractivity contribution < 1.29 is 23.8 Å². The van der Waals surface area contributed by atoms with Gasteiger partial charge in [-0.25, -0.2) is 14.9 Å². The number of hydrogen-bond donors (Lipinski definition) is 2. The number of hydrogen-bond acceptors (Lipinski definition) is 5. The molecule has 2 N–H and O–H groups in total. The lowest BCUT2D eigenvalue weighted by atomic mass is 10.1. The maximum Gasteiger partial charge on any atom is 0.415 e. The van der Waals surface area contributed by atoms with Crippen LogP contribution < -0.4 is 20.1 Å². The summed E-state index contributed by atoms with van der Waals surface area (Å²) in [6.07, 6.45) is -0.165. The van der Waals surface area contributed by atoms with E-state index in [0.717, 1.165) is 5.56 Å². The van der Waals surface area contributed by atoms with Crippen molar-refractivity contribution in [3.05, 3.63) is 23.8 Å². The van der Waals surface area contributed by atoms with Crippen molar-refractivity contribution in [2.75, 3.05) is 26.9 Å². The fourth-order valence-electron chi connectivity index (χ4n) is 1.77. The minimum Gasteiger partial charge on any atom is -0.493 e. The predicted molar refractivity (Wildman–Crippen MR) is 81.4 cm³/mol. The monoisotopic (exact) mass is 310 g/mol. The Morgan fingerprint density at radius 1 is 1.14 bits per heavy atom. The van der Waals surface area contributed by atoms with E-state index in [-0.39, 0.29) is 6.61 Å². The van der Waals surface area contributed by atoms with Crippen molar-refractivity contribution in [2.45, 2.75) is 20.3 Å². The zero-order chi connectivity index (χ0) is 16.4. The minimum absolute atomic E-state index is 0.213. The summed E-state index contributed by atoms with van der Waals surface area (Å²) >= 11 is 0. The maximum atomic E-state index is 11.4. The lowest BCUT2D eigenvalue weighted by molar-refractivity contribution is 0.153. The van der Waals surface area contributed by atoms with Crippen LogP contribution in [0.15, 0.2) is 18.2 Å². The van der Waals surface area contributed by atoms with Crippen molar-refractivity contribution in [1.82, 2.24) is 10.6 Å². The highest BCUT2D eigenvalue weighted by Crippen LogP contribution is 2.28. The molecule has 7 heteroatoms. The SMILES string of the molecule is CCOC(=O)NC(=O)NCCc1ccc(OCC)c(OC)c1. The van der Waals surface area contributed by atoms with E-state index in [4.69, 9.17) is 9.47 Å². The van der Waals surface area contributed by atoms with E-state index in [0.29, 0.717) is 31.1 Å². The van der Waals surface area contributed by atoms with Gasteiger partial charge in [0, 0.05) is 6.54 Å². The van der Waals surface area contributed by atoms with Gasteiger partial charge in [0.2, 0.25) is 0 Å². The van der Waals surface area contributed by atoms with Gasteiger partial charge in [0.1, 0.15) is 0 Å². The number of benzene rings is 1. The van der Waals surface area contributed by atoms with Crippen LogP contribution in [0, 0.1) is 0 Å². The first kappa shape index (κ1) is 17.6. The van der Waals surface area contributed by atoms with Crippen molar-refractivity contribution in [2.24, 2.45) is 0 Å². The zero-order valence-corrected chi connectivity index (χ0v) is 13.1. The third-order valence-electron chi connectivity index (χ3n) is 2.72. The molecule has 0 atom stereocenters. The molecule has 22 heavy (non-hydrogen) atoms. The number of imide groups is 1. The summed E-state index contributed by atoms with van der Waals surface area (Å²) < 4.78 is 15.3. The molecule has 7 nitrogen and oxygen atoms in total. The third kappa shape index (κ3) is 5.90. The molecule has 0 bridgehead atoms. The number of nitrogens with one attached hydrogen (secondary N) is 2. The molecule has 0 saturated heterocycles. The largest absolute Gasteiger partial charge is 0.493 e. The Labute approximate surface area is 129 Å². The average Bonchev–Trinajstić information content (AvgIpc) is 2.49. The molecule has 1 rings (SSSR count). The molecule has 0 unspecified atom stereocenters. The summed E-state index contributed by atoms with van der Waals surface area (Å²) in [5.41, 5.74) is 0.983. The number of ether oxygens (including phenoxy) is 3. The Morgan fingerprint density at radius 3 is 2.55 bits per heavy atom. The number of methoxy groups -OCH3 is 1. The number of carbonyl (C=O) groups excluding carboxylic acids is 2. The number of rotatable bonds is 7. The molecular weight excluding hydrogens is 288 g/mol. The third-order valence-corrected chi connectivity index (χ3v) is 2.72. The molecule has 1 aromatic rings. The van der Waals surface area contributed by atoms with Crippen LogP contribution in [-0.2, 0) is 11.2 Å². The second-order valence-corrected chi connectivity index (χ2v) is 4.27. The highest BCUT2D eigenvalue weighted by Gasteiger charge is 2.08. The highest BCUT2D eigenvalue weighted by molar-refractivity contribution is 5.90. The molecule has 0 radical (unpaired) electrons.